The molecule has 0 heterocycles. The van der Waals surface area contributed by atoms with E-state index in [0.717, 1.165) is 0 Å². The van der Waals surface area contributed by atoms with Crippen LogP contribution in [0.2, 0.25) is 0 Å². The minimum Gasteiger partial charge on any atom is -0.452 e. The van der Waals surface area contributed by atoms with E-state index in [-0.39, 0.29) is 4.90 Å². The third kappa shape index (κ3) is 6.20. The first-order chi connectivity index (χ1) is 13.3. The fraction of sp³-hybridized carbons (Fsp3) is 0.211. The van der Waals surface area contributed by atoms with Crippen LogP contribution in [-0.4, -0.2) is 38.1 Å². The van der Waals surface area contributed by atoms with Crippen molar-refractivity contribution in [2.75, 3.05) is 5.75 Å². The lowest BCUT2D eigenvalue weighted by molar-refractivity contribution is -0.154. The summed E-state index contributed by atoms with van der Waals surface area (Å²) in [6, 6.07) is 15.9. The average molecular weight is 404 g/mol. The number of hydrazine groups is 1. The first kappa shape index (κ1) is 21.1. The zero-order valence-electron chi connectivity index (χ0n) is 15.1. The maximum Gasteiger partial charge on any atom is 0.307 e. The van der Waals surface area contributed by atoms with Gasteiger partial charge >= 0.3 is 5.97 Å². The third-order valence-corrected chi connectivity index (χ3v) is 5.42. The van der Waals surface area contributed by atoms with Gasteiger partial charge in [0.1, 0.15) is 0 Å². The van der Waals surface area contributed by atoms with Gasteiger partial charge in [-0.3, -0.25) is 25.2 Å². The number of nitrogens with one attached hydrogen (secondary N) is 2. The first-order valence-corrected chi connectivity index (χ1v) is 10.1. The Bertz CT molecular complexity index is 929. The molecule has 2 aromatic rings. The van der Waals surface area contributed by atoms with Gasteiger partial charge in [0.25, 0.3) is 11.8 Å². The van der Waals surface area contributed by atoms with Crippen molar-refractivity contribution in [1.29, 1.82) is 0 Å². The molecule has 2 rings (SSSR count). The third-order valence-electron chi connectivity index (χ3n) is 3.69. The lowest BCUT2D eigenvalue weighted by Crippen LogP contribution is -2.46. The highest BCUT2D eigenvalue weighted by atomic mass is 32.2. The van der Waals surface area contributed by atoms with Crippen molar-refractivity contribution in [1.82, 2.24) is 10.9 Å². The van der Waals surface area contributed by atoms with E-state index in [2.05, 4.69) is 10.9 Å². The second-order valence-corrected chi connectivity index (χ2v) is 7.93. The lowest BCUT2D eigenvalue weighted by atomic mass is 10.2. The molecule has 8 nitrogen and oxygen atoms in total. The highest BCUT2D eigenvalue weighted by Crippen LogP contribution is 2.11. The molecule has 0 aliphatic carbocycles. The Labute approximate surface area is 162 Å². The van der Waals surface area contributed by atoms with E-state index in [1.165, 1.54) is 19.1 Å². The second-order valence-electron chi connectivity index (χ2n) is 5.82. The molecule has 0 saturated carbocycles. The number of ether oxygens (including phenoxy) is 1. The van der Waals surface area contributed by atoms with Crippen molar-refractivity contribution in [3.05, 3.63) is 66.2 Å². The number of carbonyl (C=O) groups is 3. The van der Waals surface area contributed by atoms with Crippen LogP contribution < -0.4 is 10.9 Å². The zero-order valence-corrected chi connectivity index (χ0v) is 15.9. The van der Waals surface area contributed by atoms with E-state index in [4.69, 9.17) is 4.74 Å². The number of carbonyl (C=O) groups excluding carboxylic acids is 3. The molecule has 0 fully saturated rings. The second kappa shape index (κ2) is 9.65. The van der Waals surface area contributed by atoms with Crippen LogP contribution in [-0.2, 0) is 24.2 Å². The summed E-state index contributed by atoms with van der Waals surface area (Å²) < 4.78 is 29.2. The van der Waals surface area contributed by atoms with Crippen LogP contribution in [0.3, 0.4) is 0 Å². The normalized spacial score (nSPS) is 11.9. The maximum atomic E-state index is 12.1. The largest absolute Gasteiger partial charge is 0.452 e. The van der Waals surface area contributed by atoms with Crippen LogP contribution in [0.25, 0.3) is 0 Å². The Kier molecular flexibility index (Phi) is 7.28. The molecular formula is C19H20N2O6S. The summed E-state index contributed by atoms with van der Waals surface area (Å²) in [4.78, 5) is 35.7. The van der Waals surface area contributed by atoms with E-state index < -0.39 is 45.9 Å². The molecule has 0 aliphatic rings. The van der Waals surface area contributed by atoms with Crippen LogP contribution in [0.15, 0.2) is 65.6 Å². The van der Waals surface area contributed by atoms with Gasteiger partial charge in [0, 0.05) is 5.56 Å². The summed E-state index contributed by atoms with van der Waals surface area (Å²) in [5, 5.41) is 0. The summed E-state index contributed by atoms with van der Waals surface area (Å²) in [6.07, 6.45) is -1.60. The van der Waals surface area contributed by atoms with Crippen LogP contribution in [0.4, 0.5) is 0 Å². The summed E-state index contributed by atoms with van der Waals surface area (Å²) in [7, 11) is -3.62. The summed E-state index contributed by atoms with van der Waals surface area (Å²) in [6.45, 7) is 1.31. The van der Waals surface area contributed by atoms with Crippen LogP contribution >= 0.6 is 0 Å². The van der Waals surface area contributed by atoms with Gasteiger partial charge in [-0.1, -0.05) is 36.4 Å². The summed E-state index contributed by atoms with van der Waals surface area (Å²) in [5.74, 6) is -2.55. The van der Waals surface area contributed by atoms with Crippen LogP contribution in [0, 0.1) is 0 Å². The van der Waals surface area contributed by atoms with Gasteiger partial charge in [-0.2, -0.15) is 0 Å². The quantitative estimate of drug-likeness (QED) is 0.529. The molecular weight excluding hydrogens is 384 g/mol. The topological polar surface area (TPSA) is 119 Å². The zero-order chi connectivity index (χ0) is 20.6. The number of rotatable bonds is 7. The highest BCUT2D eigenvalue weighted by Gasteiger charge is 2.21. The molecule has 1 atom stereocenters. The molecule has 0 saturated heterocycles. The predicted molar refractivity (Wildman–Crippen MR) is 101 cm³/mol. The lowest BCUT2D eigenvalue weighted by Gasteiger charge is -2.14. The fourth-order valence-electron chi connectivity index (χ4n) is 2.15. The minimum absolute atomic E-state index is 0.109. The summed E-state index contributed by atoms with van der Waals surface area (Å²) >= 11 is 0. The first-order valence-electron chi connectivity index (χ1n) is 8.42. The van der Waals surface area contributed by atoms with E-state index in [1.807, 2.05) is 0 Å². The molecule has 0 spiro atoms. The van der Waals surface area contributed by atoms with Gasteiger partial charge in [0.2, 0.25) is 0 Å². The molecule has 148 valence electrons. The van der Waals surface area contributed by atoms with Crippen molar-refractivity contribution in [2.45, 2.75) is 24.3 Å². The van der Waals surface area contributed by atoms with Crippen LogP contribution in [0.1, 0.15) is 23.7 Å². The Morgan fingerprint density at radius 1 is 0.929 bits per heavy atom. The molecule has 2 N–H and O–H groups in total. The minimum atomic E-state index is -3.62. The monoisotopic (exact) mass is 404 g/mol. The van der Waals surface area contributed by atoms with Gasteiger partial charge in [-0.15, -0.1) is 0 Å². The molecule has 0 radical (unpaired) electrons. The molecule has 28 heavy (non-hydrogen) atoms. The van der Waals surface area contributed by atoms with E-state index in [9.17, 15) is 22.8 Å². The number of hydrogen-bond acceptors (Lipinski definition) is 6. The molecule has 0 aromatic heterocycles. The number of sulfone groups is 1. The SMILES string of the molecule is C[C@H](OC(=O)CCS(=O)(=O)c1ccccc1)C(=O)NNC(=O)c1ccccc1. The number of esters is 1. The summed E-state index contributed by atoms with van der Waals surface area (Å²) in [5.41, 5.74) is 4.70. The Morgan fingerprint density at radius 3 is 2.11 bits per heavy atom. The van der Waals surface area contributed by atoms with E-state index in [0.29, 0.717) is 5.56 Å². The number of amides is 2. The molecule has 0 unspecified atom stereocenters. The molecule has 2 amide bonds. The molecule has 0 aliphatic heterocycles. The standard InChI is InChI=1S/C19H20N2O6S/c1-14(18(23)20-21-19(24)15-8-4-2-5-9-15)27-17(22)12-13-28(25,26)16-10-6-3-7-11-16/h2-11,14H,12-13H2,1H3,(H,20,23)(H,21,24)/t14-/m0/s1. The molecule has 2 aromatic carbocycles. The van der Waals surface area contributed by atoms with Crippen molar-refractivity contribution in [3.63, 3.8) is 0 Å². The van der Waals surface area contributed by atoms with E-state index in [1.54, 1.807) is 48.5 Å². The van der Waals surface area contributed by atoms with Gasteiger partial charge in [-0.05, 0) is 31.2 Å². The molecule has 9 heteroatoms. The number of benzene rings is 2. The fourth-order valence-corrected chi connectivity index (χ4v) is 3.40. The Hall–Kier alpha value is -3.20. The van der Waals surface area contributed by atoms with Crippen molar-refractivity contribution < 1.29 is 27.5 Å². The molecule has 0 bridgehead atoms. The van der Waals surface area contributed by atoms with Crippen molar-refractivity contribution >= 4 is 27.6 Å². The maximum absolute atomic E-state index is 12.1. The van der Waals surface area contributed by atoms with Crippen molar-refractivity contribution in [2.24, 2.45) is 0 Å². The number of hydrogen-bond donors (Lipinski definition) is 2. The Morgan fingerprint density at radius 2 is 1.50 bits per heavy atom. The van der Waals surface area contributed by atoms with Gasteiger partial charge in [-0.25, -0.2) is 8.42 Å². The smallest absolute Gasteiger partial charge is 0.307 e. The van der Waals surface area contributed by atoms with Gasteiger partial charge in [0.05, 0.1) is 17.1 Å². The average Bonchev–Trinajstić information content (AvgIpc) is 2.71. The highest BCUT2D eigenvalue weighted by molar-refractivity contribution is 7.91. The van der Waals surface area contributed by atoms with E-state index >= 15 is 0 Å². The van der Waals surface area contributed by atoms with Gasteiger partial charge < -0.3 is 4.74 Å². The van der Waals surface area contributed by atoms with Crippen LogP contribution in [0.5, 0.6) is 0 Å². The van der Waals surface area contributed by atoms with Crippen molar-refractivity contribution in [3.8, 4) is 0 Å². The Balaban J connectivity index is 1.78. The predicted octanol–water partition coefficient (Wildman–Crippen LogP) is 1.24. The van der Waals surface area contributed by atoms with Gasteiger partial charge in [0.15, 0.2) is 15.9 Å².